The van der Waals surface area contributed by atoms with Crippen molar-refractivity contribution in [2.75, 3.05) is 6.61 Å². The fourth-order valence-electron chi connectivity index (χ4n) is 4.28. The molecule has 0 spiro atoms. The Hall–Kier alpha value is -4.88. The highest BCUT2D eigenvalue weighted by atomic mass is 19.4. The number of H-pyrrole nitrogens is 1. The lowest BCUT2D eigenvalue weighted by Crippen LogP contribution is -2.32. The van der Waals surface area contributed by atoms with Crippen molar-refractivity contribution in [3.8, 4) is 28.5 Å². The number of carbonyl (C=O) groups is 1. The van der Waals surface area contributed by atoms with E-state index in [9.17, 15) is 31.9 Å². The summed E-state index contributed by atoms with van der Waals surface area (Å²) in [5.41, 5.74) is -0.651. The van der Waals surface area contributed by atoms with Crippen LogP contribution >= 0.6 is 0 Å². The minimum absolute atomic E-state index is 0.0337. The smallest absolute Gasteiger partial charge is 0.417 e. The van der Waals surface area contributed by atoms with Crippen LogP contribution in [0.1, 0.15) is 41.9 Å². The van der Waals surface area contributed by atoms with Gasteiger partial charge in [0.1, 0.15) is 17.3 Å². The molecular weight excluding hydrogens is 551 g/mol. The molecule has 0 amide bonds. The SMILES string of the molecule is CCCOc1ccc(-c2ncc(C(C(=O)O)N3Cc4[nH]c(-c5cccc(F)c5F)nc4C=N3)cn2)c(C(F)(F)F)c1. The first-order valence-electron chi connectivity index (χ1n) is 12.3. The highest BCUT2D eigenvalue weighted by Gasteiger charge is 2.36. The highest BCUT2D eigenvalue weighted by molar-refractivity contribution is 5.82. The van der Waals surface area contributed by atoms with Crippen LogP contribution in [0.15, 0.2) is 53.9 Å². The third-order valence-electron chi connectivity index (χ3n) is 6.20. The third kappa shape index (κ3) is 5.58. The van der Waals surface area contributed by atoms with Gasteiger partial charge in [-0.25, -0.2) is 28.5 Å². The molecule has 2 N–H and O–H groups in total. The van der Waals surface area contributed by atoms with Crippen LogP contribution in [0, 0.1) is 11.6 Å². The number of benzene rings is 2. The fraction of sp³-hybridized carbons (Fsp3) is 0.222. The van der Waals surface area contributed by atoms with Gasteiger partial charge < -0.3 is 14.8 Å². The number of aromatic nitrogens is 4. The van der Waals surface area contributed by atoms with E-state index >= 15 is 0 Å². The number of hydrazone groups is 1. The van der Waals surface area contributed by atoms with E-state index in [1.807, 2.05) is 6.92 Å². The standard InChI is InChI=1S/C27H21F5N6O3/c1-2-8-41-15-6-7-16(18(9-15)27(30,31)32)24-33-10-14(11-34-24)23(26(39)40)38-13-21-20(12-35-38)36-25(37-21)17-4-3-5-19(28)22(17)29/h3-7,9-12,23H,2,8,13H2,1H3,(H,36,37)(H,39,40). The van der Waals surface area contributed by atoms with E-state index in [-0.39, 0.29) is 47.2 Å². The first kappa shape index (κ1) is 27.7. The Balaban J connectivity index is 1.41. The van der Waals surface area contributed by atoms with Gasteiger partial charge in [-0.15, -0.1) is 0 Å². The molecule has 4 aromatic rings. The number of fused-ring (bicyclic) bond motifs is 1. The first-order valence-corrected chi connectivity index (χ1v) is 12.3. The Morgan fingerprint density at radius 1 is 1.15 bits per heavy atom. The van der Waals surface area contributed by atoms with Crippen LogP contribution in [0.3, 0.4) is 0 Å². The predicted molar refractivity (Wildman–Crippen MR) is 136 cm³/mol. The molecule has 0 bridgehead atoms. The molecule has 1 unspecified atom stereocenters. The summed E-state index contributed by atoms with van der Waals surface area (Å²) in [6, 6.07) is 5.67. The zero-order chi connectivity index (χ0) is 29.3. The third-order valence-corrected chi connectivity index (χ3v) is 6.20. The molecule has 3 heterocycles. The van der Waals surface area contributed by atoms with Gasteiger partial charge in [-0.05, 0) is 36.8 Å². The maximum absolute atomic E-state index is 14.3. The van der Waals surface area contributed by atoms with Crippen molar-refractivity contribution in [2.45, 2.75) is 32.1 Å². The van der Waals surface area contributed by atoms with Crippen molar-refractivity contribution in [3.05, 3.63) is 82.9 Å². The molecule has 9 nitrogen and oxygen atoms in total. The van der Waals surface area contributed by atoms with Crippen LogP contribution in [-0.4, -0.2) is 48.8 Å². The molecule has 2 aromatic heterocycles. The van der Waals surface area contributed by atoms with E-state index in [1.54, 1.807) is 0 Å². The van der Waals surface area contributed by atoms with E-state index < -0.39 is 35.4 Å². The van der Waals surface area contributed by atoms with Gasteiger partial charge in [-0.2, -0.15) is 18.3 Å². The molecule has 1 aliphatic rings. The highest BCUT2D eigenvalue weighted by Crippen LogP contribution is 2.38. The van der Waals surface area contributed by atoms with Crippen molar-refractivity contribution in [1.82, 2.24) is 24.9 Å². The average molecular weight is 572 g/mol. The molecule has 5 rings (SSSR count). The number of aromatic amines is 1. The van der Waals surface area contributed by atoms with Gasteiger partial charge in [0, 0.05) is 23.5 Å². The number of imidazole rings is 1. The Kier molecular flexibility index (Phi) is 7.39. The number of halogens is 5. The zero-order valence-corrected chi connectivity index (χ0v) is 21.3. The molecule has 0 fully saturated rings. The Bertz CT molecular complexity index is 1620. The molecule has 0 saturated heterocycles. The van der Waals surface area contributed by atoms with E-state index in [1.165, 1.54) is 35.5 Å². The van der Waals surface area contributed by atoms with Gasteiger partial charge in [0.15, 0.2) is 23.5 Å². The van der Waals surface area contributed by atoms with E-state index in [0.717, 1.165) is 24.5 Å². The predicted octanol–water partition coefficient (Wildman–Crippen LogP) is 5.59. The number of hydrogen-bond acceptors (Lipinski definition) is 7. The van der Waals surface area contributed by atoms with Crippen LogP contribution in [0.4, 0.5) is 22.0 Å². The summed E-state index contributed by atoms with van der Waals surface area (Å²) in [4.78, 5) is 27.4. The van der Waals surface area contributed by atoms with Gasteiger partial charge in [0.25, 0.3) is 0 Å². The number of ether oxygens (including phenoxy) is 1. The second-order valence-electron chi connectivity index (χ2n) is 9.03. The molecule has 0 aliphatic carbocycles. The number of aliphatic carboxylic acids is 1. The fourth-order valence-corrected chi connectivity index (χ4v) is 4.28. The van der Waals surface area contributed by atoms with Crippen molar-refractivity contribution >= 4 is 12.2 Å². The molecule has 14 heteroatoms. The number of rotatable bonds is 8. The van der Waals surface area contributed by atoms with Crippen molar-refractivity contribution in [3.63, 3.8) is 0 Å². The first-order chi connectivity index (χ1) is 19.6. The van der Waals surface area contributed by atoms with Gasteiger partial charge >= 0.3 is 12.1 Å². The van der Waals surface area contributed by atoms with Crippen LogP contribution in [0.25, 0.3) is 22.8 Å². The molecule has 1 atom stereocenters. The van der Waals surface area contributed by atoms with Gasteiger partial charge in [-0.1, -0.05) is 13.0 Å². The minimum Gasteiger partial charge on any atom is -0.494 e. The monoisotopic (exact) mass is 572 g/mol. The quantitative estimate of drug-likeness (QED) is 0.264. The molecule has 0 saturated carbocycles. The van der Waals surface area contributed by atoms with E-state index in [4.69, 9.17) is 4.74 Å². The van der Waals surface area contributed by atoms with E-state index in [2.05, 4.69) is 25.0 Å². The molecule has 0 radical (unpaired) electrons. The second-order valence-corrected chi connectivity index (χ2v) is 9.03. The summed E-state index contributed by atoms with van der Waals surface area (Å²) in [5.74, 6) is -3.64. The van der Waals surface area contributed by atoms with Gasteiger partial charge in [0.05, 0.1) is 36.2 Å². The van der Waals surface area contributed by atoms with Crippen LogP contribution in [0.5, 0.6) is 5.75 Å². The van der Waals surface area contributed by atoms with Gasteiger partial charge in [-0.3, -0.25) is 5.01 Å². The Labute approximate surface area is 229 Å². The lowest BCUT2D eigenvalue weighted by molar-refractivity contribution is -0.144. The van der Waals surface area contributed by atoms with Crippen LogP contribution in [-0.2, 0) is 17.5 Å². The minimum atomic E-state index is -4.72. The number of hydrogen-bond donors (Lipinski definition) is 2. The lowest BCUT2D eigenvalue weighted by atomic mass is 10.0. The lowest BCUT2D eigenvalue weighted by Gasteiger charge is -2.27. The summed E-state index contributed by atoms with van der Waals surface area (Å²) < 4.78 is 74.7. The Morgan fingerprint density at radius 3 is 2.59 bits per heavy atom. The Morgan fingerprint density at radius 2 is 1.90 bits per heavy atom. The van der Waals surface area contributed by atoms with Crippen LogP contribution in [0.2, 0.25) is 0 Å². The van der Waals surface area contributed by atoms with E-state index in [0.29, 0.717) is 17.8 Å². The number of alkyl halides is 3. The topological polar surface area (TPSA) is 117 Å². The van der Waals surface area contributed by atoms with Crippen LogP contribution < -0.4 is 4.74 Å². The van der Waals surface area contributed by atoms with Crippen molar-refractivity contribution in [2.24, 2.45) is 5.10 Å². The summed E-state index contributed by atoms with van der Waals surface area (Å²) in [5, 5.41) is 15.3. The molecular formula is C27H21F5N6O3. The molecule has 2 aromatic carbocycles. The summed E-state index contributed by atoms with van der Waals surface area (Å²) >= 11 is 0. The summed E-state index contributed by atoms with van der Waals surface area (Å²) in [6.07, 6.45) is -0.598. The zero-order valence-electron chi connectivity index (χ0n) is 21.3. The van der Waals surface area contributed by atoms with Gasteiger partial charge in [0.2, 0.25) is 0 Å². The maximum Gasteiger partial charge on any atom is 0.417 e. The largest absolute Gasteiger partial charge is 0.494 e. The normalized spacial score (nSPS) is 13.7. The second kappa shape index (κ2) is 10.9. The molecule has 1 aliphatic heterocycles. The summed E-state index contributed by atoms with van der Waals surface area (Å²) in [6.45, 7) is 1.97. The number of nitrogens with one attached hydrogen (secondary N) is 1. The van der Waals surface area contributed by atoms with Crippen molar-refractivity contribution < 1.29 is 36.6 Å². The molecule has 212 valence electrons. The number of carboxylic acids is 1. The van der Waals surface area contributed by atoms with Crippen molar-refractivity contribution in [1.29, 1.82) is 0 Å². The number of nitrogens with zero attached hydrogens (tertiary/aromatic N) is 5. The molecule has 41 heavy (non-hydrogen) atoms. The number of carboxylic acid groups (broad SMARTS) is 1. The average Bonchev–Trinajstić information content (AvgIpc) is 3.36. The maximum atomic E-state index is 14.3. The summed E-state index contributed by atoms with van der Waals surface area (Å²) in [7, 11) is 0.